The molecule has 0 bridgehead atoms. The topological polar surface area (TPSA) is 6.48 Å². The van der Waals surface area contributed by atoms with Gasteiger partial charge in [-0.2, -0.15) is 0 Å². The highest BCUT2D eigenvalue weighted by molar-refractivity contribution is 5.90. The number of fused-ring (bicyclic) bond motifs is 2. The number of hydrogen-bond acceptors (Lipinski definition) is 2. The summed E-state index contributed by atoms with van der Waals surface area (Å²) in [6.45, 7) is 0. The lowest BCUT2D eigenvalue weighted by molar-refractivity contribution is 1.28. The lowest BCUT2D eigenvalue weighted by Crippen LogP contribution is -2.10. The first-order valence-electron chi connectivity index (χ1n) is 24.0. The molecule has 0 aliphatic carbocycles. The molecule has 2 heteroatoms. The van der Waals surface area contributed by atoms with E-state index in [9.17, 15) is 0 Å². The second-order valence-electron chi connectivity index (χ2n) is 17.8. The highest BCUT2D eigenvalue weighted by Crippen LogP contribution is 2.41. The van der Waals surface area contributed by atoms with Gasteiger partial charge in [0.25, 0.3) is 0 Å². The van der Waals surface area contributed by atoms with Gasteiger partial charge < -0.3 is 9.80 Å². The lowest BCUT2D eigenvalue weighted by Gasteiger charge is -2.27. The second-order valence-corrected chi connectivity index (χ2v) is 17.8. The van der Waals surface area contributed by atoms with E-state index in [1.54, 1.807) is 0 Å². The summed E-state index contributed by atoms with van der Waals surface area (Å²) < 4.78 is 0. The van der Waals surface area contributed by atoms with Gasteiger partial charge in [0.05, 0.1) is 0 Å². The highest BCUT2D eigenvalue weighted by atomic mass is 15.1. The SMILES string of the molecule is c1ccc(-c2ccc(N(c3ccc(-c4ccc(N(c5ccc(-c6ccccc6)cc5)c5ccc(-c6ccc7ccccc7c6)cc5)cc4)cc3)c3ccc(-c4ccc5ccccc5c4)cc3)cc2)cc1. The van der Waals surface area contributed by atoms with Crippen LogP contribution in [0, 0.1) is 0 Å². The van der Waals surface area contributed by atoms with Crippen LogP contribution >= 0.6 is 0 Å². The van der Waals surface area contributed by atoms with Crippen molar-refractivity contribution in [3.8, 4) is 55.6 Å². The number of rotatable bonds is 11. The Morgan fingerprint density at radius 1 is 0.143 bits per heavy atom. The molecule has 330 valence electrons. The van der Waals surface area contributed by atoms with Gasteiger partial charge >= 0.3 is 0 Å². The van der Waals surface area contributed by atoms with Gasteiger partial charge in [0.1, 0.15) is 0 Å². The van der Waals surface area contributed by atoms with E-state index in [-0.39, 0.29) is 0 Å². The van der Waals surface area contributed by atoms with Gasteiger partial charge in [-0.3, -0.25) is 0 Å². The van der Waals surface area contributed by atoms with Gasteiger partial charge in [-0.15, -0.1) is 0 Å². The van der Waals surface area contributed by atoms with Crippen LogP contribution in [-0.4, -0.2) is 0 Å². The van der Waals surface area contributed by atoms with E-state index in [1.165, 1.54) is 66.1 Å². The smallest absolute Gasteiger partial charge is 0.0462 e. The maximum atomic E-state index is 2.35. The van der Waals surface area contributed by atoms with Gasteiger partial charge in [0.2, 0.25) is 0 Å². The first-order chi connectivity index (χ1) is 34.7. The first-order valence-corrected chi connectivity index (χ1v) is 24.0. The van der Waals surface area contributed by atoms with E-state index in [0.717, 1.165) is 45.3 Å². The highest BCUT2D eigenvalue weighted by Gasteiger charge is 2.17. The minimum Gasteiger partial charge on any atom is -0.311 e. The summed E-state index contributed by atoms with van der Waals surface area (Å²) in [6.07, 6.45) is 0. The van der Waals surface area contributed by atoms with Crippen molar-refractivity contribution in [1.82, 2.24) is 0 Å². The molecule has 0 atom stereocenters. The molecule has 0 saturated carbocycles. The van der Waals surface area contributed by atoms with E-state index in [2.05, 4.69) is 301 Å². The standard InChI is InChI=1S/C68H48N2/c1-3-11-49(12-4-1)53-23-35-63(36-24-53)69(67-43-31-57(32-44-67)61-21-19-51-15-7-9-17-59(51)47-61)65-39-27-55(28-40-65)56-29-41-66(42-30-56)70(64-37-25-54(26-38-64)50-13-5-2-6-14-50)68-45-33-58(34-46-68)62-22-20-52-16-8-10-18-60(52)48-62/h1-48H. The Labute approximate surface area is 410 Å². The van der Waals surface area contributed by atoms with E-state index in [1.807, 2.05) is 0 Å². The van der Waals surface area contributed by atoms with Crippen LogP contribution in [-0.2, 0) is 0 Å². The fourth-order valence-corrected chi connectivity index (χ4v) is 9.71. The fourth-order valence-electron chi connectivity index (χ4n) is 9.71. The van der Waals surface area contributed by atoms with Gasteiger partial charge in [0, 0.05) is 34.1 Å². The van der Waals surface area contributed by atoms with Crippen molar-refractivity contribution in [2.45, 2.75) is 0 Å². The largest absolute Gasteiger partial charge is 0.311 e. The molecule has 0 N–H and O–H groups in total. The maximum absolute atomic E-state index is 2.35. The maximum Gasteiger partial charge on any atom is 0.0462 e. The molecule has 70 heavy (non-hydrogen) atoms. The normalized spacial score (nSPS) is 11.1. The molecule has 0 aromatic heterocycles. The van der Waals surface area contributed by atoms with Gasteiger partial charge in [-0.05, 0) is 162 Å². The second kappa shape index (κ2) is 18.8. The van der Waals surface area contributed by atoms with Crippen LogP contribution < -0.4 is 9.80 Å². The molecule has 0 spiro atoms. The van der Waals surface area contributed by atoms with Crippen molar-refractivity contribution >= 4 is 55.7 Å². The van der Waals surface area contributed by atoms with Crippen molar-refractivity contribution < 1.29 is 0 Å². The molecule has 0 heterocycles. The van der Waals surface area contributed by atoms with Crippen molar-refractivity contribution in [2.75, 3.05) is 9.80 Å². The molecule has 0 aliphatic heterocycles. The molecule has 12 aromatic carbocycles. The van der Waals surface area contributed by atoms with Crippen molar-refractivity contribution in [3.63, 3.8) is 0 Å². The number of benzene rings is 12. The minimum absolute atomic E-state index is 1.09. The van der Waals surface area contributed by atoms with Gasteiger partial charge in [0.15, 0.2) is 0 Å². The third-order valence-corrected chi connectivity index (χ3v) is 13.5. The predicted octanol–water partition coefficient (Wildman–Crippen LogP) is 19.3. The third-order valence-electron chi connectivity index (χ3n) is 13.5. The summed E-state index contributed by atoms with van der Waals surface area (Å²) in [5, 5.41) is 4.98. The molecule has 0 saturated heterocycles. The molecule has 0 fully saturated rings. The molecule has 12 aromatic rings. The number of nitrogens with zero attached hydrogens (tertiary/aromatic N) is 2. The van der Waals surface area contributed by atoms with Crippen LogP contribution in [0.3, 0.4) is 0 Å². The Balaban J connectivity index is 0.856. The number of hydrogen-bond donors (Lipinski definition) is 0. The van der Waals surface area contributed by atoms with Crippen molar-refractivity contribution in [3.05, 3.63) is 291 Å². The Morgan fingerprint density at radius 3 is 0.614 bits per heavy atom. The summed E-state index contributed by atoms with van der Waals surface area (Å²) >= 11 is 0. The van der Waals surface area contributed by atoms with E-state index < -0.39 is 0 Å². The molecule has 0 radical (unpaired) electrons. The van der Waals surface area contributed by atoms with Crippen LogP contribution in [0.2, 0.25) is 0 Å². The Morgan fingerprint density at radius 2 is 0.343 bits per heavy atom. The fraction of sp³-hybridized carbons (Fsp3) is 0. The Hall–Kier alpha value is -9.24. The Bertz CT molecular complexity index is 3450. The van der Waals surface area contributed by atoms with Gasteiger partial charge in [-0.1, -0.05) is 206 Å². The Kier molecular flexibility index (Phi) is 11.3. The molecule has 0 aliphatic rings. The summed E-state index contributed by atoms with van der Waals surface area (Å²) in [5.74, 6) is 0. The van der Waals surface area contributed by atoms with Crippen molar-refractivity contribution in [1.29, 1.82) is 0 Å². The molecule has 0 amide bonds. The third kappa shape index (κ3) is 8.63. The number of anilines is 6. The van der Waals surface area contributed by atoms with E-state index in [0.29, 0.717) is 0 Å². The first kappa shape index (κ1) is 42.1. The summed E-state index contributed by atoms with van der Waals surface area (Å²) in [4.78, 5) is 4.69. The van der Waals surface area contributed by atoms with Crippen molar-refractivity contribution in [2.24, 2.45) is 0 Å². The van der Waals surface area contributed by atoms with Crippen LogP contribution in [0.25, 0.3) is 77.2 Å². The predicted molar refractivity (Wildman–Crippen MR) is 298 cm³/mol. The zero-order valence-corrected chi connectivity index (χ0v) is 38.6. The van der Waals surface area contributed by atoms with Crippen LogP contribution in [0.5, 0.6) is 0 Å². The van der Waals surface area contributed by atoms with Crippen LogP contribution in [0.15, 0.2) is 291 Å². The van der Waals surface area contributed by atoms with Crippen LogP contribution in [0.4, 0.5) is 34.1 Å². The monoisotopic (exact) mass is 892 g/mol. The van der Waals surface area contributed by atoms with E-state index in [4.69, 9.17) is 0 Å². The average Bonchev–Trinajstić information content (AvgIpc) is 3.44. The van der Waals surface area contributed by atoms with Crippen LogP contribution in [0.1, 0.15) is 0 Å². The summed E-state index contributed by atoms with van der Waals surface area (Å²) in [6, 6.07) is 105. The quantitative estimate of drug-likeness (QED) is 0.128. The molecule has 2 nitrogen and oxygen atoms in total. The zero-order chi connectivity index (χ0) is 46.6. The molecular formula is C68H48N2. The minimum atomic E-state index is 1.09. The molecule has 0 unspecified atom stereocenters. The van der Waals surface area contributed by atoms with E-state index >= 15 is 0 Å². The van der Waals surface area contributed by atoms with Gasteiger partial charge in [-0.25, -0.2) is 0 Å². The summed E-state index contributed by atoms with van der Waals surface area (Å²) in [7, 11) is 0. The zero-order valence-electron chi connectivity index (χ0n) is 38.6. The molecule has 12 rings (SSSR count). The summed E-state index contributed by atoms with van der Waals surface area (Å²) in [5.41, 5.74) is 18.4. The molecular weight excluding hydrogens is 845 g/mol. The lowest BCUT2D eigenvalue weighted by atomic mass is 10.00. The average molecular weight is 893 g/mol.